The third-order valence-electron chi connectivity index (χ3n) is 3.83. The van der Waals surface area contributed by atoms with E-state index in [1.807, 2.05) is 0 Å². The smallest absolute Gasteiger partial charge is 0.313 e. The van der Waals surface area contributed by atoms with Crippen molar-refractivity contribution in [2.24, 2.45) is 11.8 Å². The second kappa shape index (κ2) is 5.66. The van der Waals surface area contributed by atoms with Gasteiger partial charge in [-0.2, -0.15) is 0 Å². The molecule has 1 saturated heterocycles. The maximum atomic E-state index is 10.5. The Labute approximate surface area is 120 Å². The van der Waals surface area contributed by atoms with E-state index in [0.717, 1.165) is 34.4 Å². The minimum Gasteiger partial charge on any atom is -0.481 e. The largest absolute Gasteiger partial charge is 0.481 e. The van der Waals surface area contributed by atoms with Gasteiger partial charge in [0.2, 0.25) is 5.13 Å². The third-order valence-corrected chi connectivity index (χ3v) is 5.94. The van der Waals surface area contributed by atoms with Crippen LogP contribution >= 0.6 is 23.1 Å². The van der Waals surface area contributed by atoms with E-state index in [-0.39, 0.29) is 5.75 Å². The number of nitrogens with zero attached hydrogens (tertiary/aromatic N) is 3. The van der Waals surface area contributed by atoms with Crippen LogP contribution in [-0.2, 0) is 4.79 Å². The van der Waals surface area contributed by atoms with Gasteiger partial charge in [-0.25, -0.2) is 0 Å². The van der Waals surface area contributed by atoms with Crippen LogP contribution in [0.1, 0.15) is 25.7 Å². The van der Waals surface area contributed by atoms with E-state index < -0.39 is 5.97 Å². The summed E-state index contributed by atoms with van der Waals surface area (Å²) in [7, 11) is 0. The fourth-order valence-corrected chi connectivity index (χ4v) is 4.68. The maximum Gasteiger partial charge on any atom is 0.313 e. The molecule has 104 valence electrons. The molecule has 0 radical (unpaired) electrons. The fraction of sp³-hybridized carbons (Fsp3) is 0.750. The quantitative estimate of drug-likeness (QED) is 0.861. The van der Waals surface area contributed by atoms with Crippen LogP contribution in [0, 0.1) is 11.8 Å². The van der Waals surface area contributed by atoms with Crippen LogP contribution in [0.15, 0.2) is 4.34 Å². The molecule has 1 aromatic heterocycles. The lowest BCUT2D eigenvalue weighted by Crippen LogP contribution is -2.42. The van der Waals surface area contributed by atoms with E-state index >= 15 is 0 Å². The SMILES string of the molecule is O=C(O)CSc1nnc(N2CC3CCCC(C3)C2)s1. The molecule has 2 fully saturated rings. The first-order valence-corrected chi connectivity index (χ1v) is 8.44. The molecule has 1 N–H and O–H groups in total. The number of aliphatic carboxylic acids is 1. The molecule has 0 aromatic carbocycles. The first-order chi connectivity index (χ1) is 9.20. The Morgan fingerprint density at radius 1 is 1.37 bits per heavy atom. The molecule has 5 nitrogen and oxygen atoms in total. The Hall–Kier alpha value is -0.820. The van der Waals surface area contributed by atoms with E-state index in [2.05, 4.69) is 15.1 Å². The van der Waals surface area contributed by atoms with Crippen molar-refractivity contribution in [1.29, 1.82) is 0 Å². The van der Waals surface area contributed by atoms with Crippen LogP contribution in [0.5, 0.6) is 0 Å². The monoisotopic (exact) mass is 299 g/mol. The molecule has 2 atom stereocenters. The van der Waals surface area contributed by atoms with Crippen molar-refractivity contribution in [2.75, 3.05) is 23.7 Å². The van der Waals surface area contributed by atoms with E-state index in [9.17, 15) is 4.79 Å². The van der Waals surface area contributed by atoms with E-state index in [4.69, 9.17) is 5.11 Å². The summed E-state index contributed by atoms with van der Waals surface area (Å²) >= 11 is 2.78. The van der Waals surface area contributed by atoms with Crippen molar-refractivity contribution in [3.8, 4) is 0 Å². The average molecular weight is 299 g/mol. The molecule has 1 aliphatic carbocycles. The molecule has 2 heterocycles. The van der Waals surface area contributed by atoms with Gasteiger partial charge in [0.25, 0.3) is 0 Å². The number of carboxylic acids is 1. The highest BCUT2D eigenvalue weighted by molar-refractivity contribution is 8.01. The summed E-state index contributed by atoms with van der Waals surface area (Å²) in [4.78, 5) is 12.9. The van der Waals surface area contributed by atoms with Crippen LogP contribution in [0.2, 0.25) is 0 Å². The Bertz CT molecular complexity index is 454. The van der Waals surface area contributed by atoms with Crippen molar-refractivity contribution in [3.05, 3.63) is 0 Å². The molecule has 2 aliphatic rings. The highest BCUT2D eigenvalue weighted by Gasteiger charge is 2.31. The lowest BCUT2D eigenvalue weighted by molar-refractivity contribution is -0.133. The Morgan fingerprint density at radius 3 is 2.79 bits per heavy atom. The lowest BCUT2D eigenvalue weighted by atomic mass is 9.78. The number of piperidine rings is 1. The number of aromatic nitrogens is 2. The molecule has 0 amide bonds. The molecule has 2 unspecified atom stereocenters. The summed E-state index contributed by atoms with van der Waals surface area (Å²) in [5.41, 5.74) is 0. The van der Waals surface area contributed by atoms with Crippen LogP contribution in [-0.4, -0.2) is 40.1 Å². The standard InChI is InChI=1S/C12H17N3O2S2/c16-10(17)7-18-12-14-13-11(19-12)15-5-8-2-1-3-9(4-8)6-15/h8-9H,1-7H2,(H,16,17). The van der Waals surface area contributed by atoms with Crippen LogP contribution in [0.3, 0.4) is 0 Å². The highest BCUT2D eigenvalue weighted by atomic mass is 32.2. The Balaban J connectivity index is 1.64. The molecule has 1 saturated carbocycles. The number of fused-ring (bicyclic) bond motifs is 2. The Kier molecular flexibility index (Phi) is 3.93. The number of carbonyl (C=O) groups is 1. The van der Waals surface area contributed by atoms with Gasteiger partial charge in [0.05, 0.1) is 5.75 Å². The van der Waals surface area contributed by atoms with Crippen LogP contribution < -0.4 is 4.90 Å². The molecule has 7 heteroatoms. The summed E-state index contributed by atoms with van der Waals surface area (Å²) < 4.78 is 0.758. The first kappa shape index (κ1) is 13.2. The number of thioether (sulfide) groups is 1. The van der Waals surface area contributed by atoms with Gasteiger partial charge in [-0.1, -0.05) is 29.5 Å². The predicted octanol–water partition coefficient (Wildman–Crippen LogP) is 2.34. The van der Waals surface area contributed by atoms with Gasteiger partial charge >= 0.3 is 5.97 Å². The number of carboxylic acid groups (broad SMARTS) is 1. The molecule has 1 aromatic rings. The molecule has 3 rings (SSSR count). The van der Waals surface area contributed by atoms with Gasteiger partial charge in [0.15, 0.2) is 4.34 Å². The number of rotatable bonds is 4. The van der Waals surface area contributed by atoms with Gasteiger partial charge in [-0.05, 0) is 31.1 Å². The average Bonchev–Trinajstić information content (AvgIpc) is 2.84. The van der Waals surface area contributed by atoms with Crippen LogP contribution in [0.25, 0.3) is 0 Å². The van der Waals surface area contributed by atoms with Gasteiger partial charge in [0, 0.05) is 13.1 Å². The highest BCUT2D eigenvalue weighted by Crippen LogP contribution is 2.38. The maximum absolute atomic E-state index is 10.5. The second-order valence-electron chi connectivity index (χ2n) is 5.34. The first-order valence-electron chi connectivity index (χ1n) is 6.64. The Morgan fingerprint density at radius 2 is 2.11 bits per heavy atom. The summed E-state index contributed by atoms with van der Waals surface area (Å²) in [6, 6.07) is 0. The topological polar surface area (TPSA) is 66.3 Å². The van der Waals surface area contributed by atoms with Crippen molar-refractivity contribution in [2.45, 2.75) is 30.0 Å². The zero-order valence-electron chi connectivity index (χ0n) is 10.6. The van der Waals surface area contributed by atoms with Gasteiger partial charge < -0.3 is 10.0 Å². The van der Waals surface area contributed by atoms with E-state index in [0.29, 0.717) is 0 Å². The number of hydrogen-bond donors (Lipinski definition) is 1. The van der Waals surface area contributed by atoms with Gasteiger partial charge in [-0.15, -0.1) is 10.2 Å². The van der Waals surface area contributed by atoms with E-state index in [1.165, 1.54) is 48.8 Å². The van der Waals surface area contributed by atoms with E-state index in [1.54, 1.807) is 0 Å². The van der Waals surface area contributed by atoms with Gasteiger partial charge in [0.1, 0.15) is 0 Å². The predicted molar refractivity (Wildman–Crippen MR) is 75.9 cm³/mol. The zero-order chi connectivity index (χ0) is 13.2. The fourth-order valence-electron chi connectivity index (χ4n) is 3.10. The van der Waals surface area contributed by atoms with Gasteiger partial charge in [-0.3, -0.25) is 4.79 Å². The van der Waals surface area contributed by atoms with Crippen molar-refractivity contribution in [3.63, 3.8) is 0 Å². The minimum absolute atomic E-state index is 0.0554. The molecular formula is C12H17N3O2S2. The number of hydrogen-bond acceptors (Lipinski definition) is 6. The lowest BCUT2D eigenvalue weighted by Gasteiger charge is -2.41. The summed E-state index contributed by atoms with van der Waals surface area (Å²) in [6.45, 7) is 2.18. The number of anilines is 1. The molecule has 19 heavy (non-hydrogen) atoms. The molecule has 0 spiro atoms. The molecule has 2 bridgehead atoms. The second-order valence-corrected chi connectivity index (χ2v) is 7.52. The minimum atomic E-state index is -0.811. The van der Waals surface area contributed by atoms with Crippen molar-refractivity contribution >= 4 is 34.2 Å². The molecular weight excluding hydrogens is 282 g/mol. The molecule has 1 aliphatic heterocycles. The normalized spacial score (nSPS) is 26.4. The third kappa shape index (κ3) is 3.20. The summed E-state index contributed by atoms with van der Waals surface area (Å²) in [5, 5.41) is 17.9. The zero-order valence-corrected chi connectivity index (χ0v) is 12.3. The van der Waals surface area contributed by atoms with Crippen LogP contribution in [0.4, 0.5) is 5.13 Å². The summed E-state index contributed by atoms with van der Waals surface area (Å²) in [6.07, 6.45) is 5.42. The van der Waals surface area contributed by atoms with Crippen molar-refractivity contribution in [1.82, 2.24) is 10.2 Å². The van der Waals surface area contributed by atoms with Crippen molar-refractivity contribution < 1.29 is 9.90 Å². The summed E-state index contributed by atoms with van der Waals surface area (Å²) in [5.74, 6) is 0.868.